The van der Waals surface area contributed by atoms with E-state index in [0.717, 1.165) is 30.3 Å². The van der Waals surface area contributed by atoms with Crippen molar-refractivity contribution in [2.75, 3.05) is 0 Å². The van der Waals surface area contributed by atoms with E-state index in [1.807, 2.05) is 0 Å². The zero-order valence-corrected chi connectivity index (χ0v) is 12.1. The summed E-state index contributed by atoms with van der Waals surface area (Å²) in [6.45, 7) is -0.253. The maximum absolute atomic E-state index is 12.1. The van der Waals surface area contributed by atoms with Crippen LogP contribution in [0.5, 0.6) is 23.0 Å². The van der Waals surface area contributed by atoms with E-state index in [2.05, 4.69) is 9.47 Å². The van der Waals surface area contributed by atoms with E-state index in [9.17, 15) is 31.4 Å². The summed E-state index contributed by atoms with van der Waals surface area (Å²) in [6, 6.07) is 7.03. The van der Waals surface area contributed by atoms with E-state index in [-0.39, 0.29) is 6.61 Å². The van der Waals surface area contributed by atoms with Crippen LogP contribution in [-0.2, 0) is 11.7 Å². The first-order valence-electron chi connectivity index (χ1n) is 6.56. The van der Waals surface area contributed by atoms with Gasteiger partial charge >= 0.3 is 12.7 Å². The fourth-order valence-corrected chi connectivity index (χ4v) is 1.75. The Bertz CT molecular complexity index is 709. The Kier molecular flexibility index (Phi) is 5.19. The molecule has 2 aromatic rings. The lowest BCUT2D eigenvalue weighted by Crippen LogP contribution is -2.17. The molecule has 0 heterocycles. The third-order valence-corrected chi connectivity index (χ3v) is 2.70. The number of hydrogen-bond donors (Lipinski definition) is 0. The van der Waals surface area contributed by atoms with E-state index < -0.39 is 35.7 Å². The van der Waals surface area contributed by atoms with Crippen LogP contribution in [0.2, 0.25) is 0 Å². The smallest absolute Gasteiger partial charge is 0.485 e. The fourth-order valence-electron chi connectivity index (χ4n) is 1.75. The molecule has 0 atom stereocenters. The molecule has 0 amide bonds. The molecule has 2 rings (SSSR count). The number of rotatable bonds is 5. The third-order valence-electron chi connectivity index (χ3n) is 2.70. The maximum Gasteiger partial charge on any atom is 0.573 e. The molecule has 1 radical (unpaired) electrons. The molecule has 0 N–H and O–H groups in total. The molecule has 135 valence electrons. The SMILES string of the molecule is [O]c1ccc(OC(F)(F)F)cc1OCc1ccc(OC(F)(F)F)cc1. The zero-order valence-electron chi connectivity index (χ0n) is 12.1. The lowest BCUT2D eigenvalue weighted by Gasteiger charge is -2.12. The lowest BCUT2D eigenvalue weighted by molar-refractivity contribution is -0.275. The van der Waals surface area contributed by atoms with Gasteiger partial charge in [-0.15, -0.1) is 26.3 Å². The maximum atomic E-state index is 12.1. The first-order valence-corrected chi connectivity index (χ1v) is 6.56. The summed E-state index contributed by atoms with van der Waals surface area (Å²) in [5.41, 5.74) is 0.371. The molecule has 2 aromatic carbocycles. The predicted octanol–water partition coefficient (Wildman–Crippen LogP) is 5.21. The van der Waals surface area contributed by atoms with Gasteiger partial charge in [-0.1, -0.05) is 12.1 Å². The average molecular weight is 367 g/mol. The molecule has 0 aliphatic rings. The number of alkyl halides is 6. The molecule has 4 nitrogen and oxygen atoms in total. The summed E-state index contributed by atoms with van der Waals surface area (Å²) in [6.07, 6.45) is -9.75. The molecule has 0 unspecified atom stereocenters. The molecule has 0 aliphatic heterocycles. The monoisotopic (exact) mass is 367 g/mol. The Morgan fingerprint density at radius 1 is 0.760 bits per heavy atom. The van der Waals surface area contributed by atoms with Crippen LogP contribution >= 0.6 is 0 Å². The van der Waals surface area contributed by atoms with Gasteiger partial charge in [-0.25, -0.2) is 0 Å². The Morgan fingerprint density at radius 3 is 1.84 bits per heavy atom. The normalized spacial score (nSPS) is 11.9. The van der Waals surface area contributed by atoms with Gasteiger partial charge in [0.15, 0.2) is 5.75 Å². The van der Waals surface area contributed by atoms with Crippen LogP contribution in [0.4, 0.5) is 26.3 Å². The van der Waals surface area contributed by atoms with Crippen molar-refractivity contribution in [3.8, 4) is 23.0 Å². The van der Waals surface area contributed by atoms with E-state index in [1.54, 1.807) is 0 Å². The van der Waals surface area contributed by atoms with Crippen molar-refractivity contribution < 1.29 is 45.7 Å². The first-order chi connectivity index (χ1) is 11.5. The van der Waals surface area contributed by atoms with Gasteiger partial charge in [0.2, 0.25) is 5.75 Å². The minimum absolute atomic E-state index is 0.253. The quantitative estimate of drug-likeness (QED) is 0.682. The van der Waals surface area contributed by atoms with Crippen LogP contribution in [0.15, 0.2) is 42.5 Å². The summed E-state index contributed by atoms with van der Waals surface area (Å²) >= 11 is 0. The van der Waals surface area contributed by atoms with Crippen molar-refractivity contribution in [1.29, 1.82) is 0 Å². The van der Waals surface area contributed by atoms with Crippen LogP contribution in [0.3, 0.4) is 0 Å². The van der Waals surface area contributed by atoms with E-state index in [1.165, 1.54) is 12.1 Å². The van der Waals surface area contributed by atoms with Crippen LogP contribution in [0.1, 0.15) is 5.56 Å². The molecular formula is C15H9F6O4. The molecule has 0 saturated carbocycles. The molecular weight excluding hydrogens is 358 g/mol. The summed E-state index contributed by atoms with van der Waals surface area (Å²) in [4.78, 5) is 0. The molecule has 0 spiro atoms. The zero-order chi connectivity index (χ0) is 18.7. The van der Waals surface area contributed by atoms with E-state index in [0.29, 0.717) is 5.56 Å². The lowest BCUT2D eigenvalue weighted by atomic mass is 10.2. The van der Waals surface area contributed by atoms with Gasteiger partial charge in [0.1, 0.15) is 18.1 Å². The number of hydrogen-bond acceptors (Lipinski definition) is 3. The first kappa shape index (κ1) is 18.6. The summed E-state index contributed by atoms with van der Waals surface area (Å²) in [5, 5.41) is 11.6. The second-order valence-electron chi connectivity index (χ2n) is 4.64. The molecule has 0 aliphatic carbocycles. The summed E-state index contributed by atoms with van der Waals surface area (Å²) < 4.78 is 85.0. The van der Waals surface area contributed by atoms with Gasteiger partial charge in [0.05, 0.1) is 0 Å². The van der Waals surface area contributed by atoms with Crippen molar-refractivity contribution in [2.45, 2.75) is 19.3 Å². The van der Waals surface area contributed by atoms with Gasteiger partial charge in [-0.2, -0.15) is 0 Å². The van der Waals surface area contributed by atoms with E-state index in [4.69, 9.17) is 4.74 Å². The van der Waals surface area contributed by atoms with Crippen molar-refractivity contribution in [2.24, 2.45) is 0 Å². The molecule has 0 aromatic heterocycles. The molecule has 0 saturated heterocycles. The highest BCUT2D eigenvalue weighted by molar-refractivity contribution is 5.44. The number of halogens is 6. The van der Waals surface area contributed by atoms with Crippen molar-refractivity contribution >= 4 is 0 Å². The highest BCUT2D eigenvalue weighted by atomic mass is 19.4. The molecule has 10 heteroatoms. The second kappa shape index (κ2) is 6.99. The largest absolute Gasteiger partial charge is 0.573 e. The Balaban J connectivity index is 2.02. The van der Waals surface area contributed by atoms with Gasteiger partial charge in [0.25, 0.3) is 0 Å². The van der Waals surface area contributed by atoms with E-state index >= 15 is 0 Å². The van der Waals surface area contributed by atoms with Crippen LogP contribution in [-0.4, -0.2) is 12.7 Å². The minimum atomic E-state index is -4.92. The molecule has 25 heavy (non-hydrogen) atoms. The second-order valence-corrected chi connectivity index (χ2v) is 4.64. The van der Waals surface area contributed by atoms with Gasteiger partial charge in [-0.05, 0) is 29.8 Å². The van der Waals surface area contributed by atoms with Gasteiger partial charge in [0, 0.05) is 6.07 Å². The Labute approximate surface area is 137 Å². The number of benzene rings is 2. The van der Waals surface area contributed by atoms with Crippen molar-refractivity contribution in [1.82, 2.24) is 0 Å². The predicted molar refractivity (Wildman–Crippen MR) is 70.7 cm³/mol. The third kappa shape index (κ3) is 6.32. The minimum Gasteiger partial charge on any atom is -0.485 e. The Morgan fingerprint density at radius 2 is 1.28 bits per heavy atom. The summed E-state index contributed by atoms with van der Waals surface area (Å²) in [5.74, 6) is -2.14. The average Bonchev–Trinajstić information content (AvgIpc) is 2.46. The van der Waals surface area contributed by atoms with Crippen molar-refractivity contribution in [3.63, 3.8) is 0 Å². The fraction of sp³-hybridized carbons (Fsp3) is 0.200. The van der Waals surface area contributed by atoms with Crippen LogP contribution in [0.25, 0.3) is 0 Å². The molecule has 0 fully saturated rings. The van der Waals surface area contributed by atoms with Crippen molar-refractivity contribution in [3.05, 3.63) is 48.0 Å². The molecule has 0 bridgehead atoms. The highest BCUT2D eigenvalue weighted by Crippen LogP contribution is 2.34. The standard InChI is InChI=1S/C15H9F6O4/c16-14(17,18)24-10-3-1-9(2-4-10)8-23-13-7-11(5-6-12(13)22)25-15(19,20)21/h1-7H,8H2. The van der Waals surface area contributed by atoms with Gasteiger partial charge < -0.3 is 14.2 Å². The highest BCUT2D eigenvalue weighted by Gasteiger charge is 2.32. The Hall–Kier alpha value is -2.78. The van der Waals surface area contributed by atoms with Crippen LogP contribution in [0, 0.1) is 0 Å². The number of ether oxygens (including phenoxy) is 3. The van der Waals surface area contributed by atoms with Crippen LogP contribution < -0.4 is 14.2 Å². The van der Waals surface area contributed by atoms with Gasteiger partial charge in [-0.3, -0.25) is 5.11 Å². The topological polar surface area (TPSA) is 47.6 Å². The summed E-state index contributed by atoms with van der Waals surface area (Å²) in [7, 11) is 0.